The van der Waals surface area contributed by atoms with Crippen LogP contribution in [0.1, 0.15) is 26.5 Å². The van der Waals surface area contributed by atoms with Crippen molar-refractivity contribution in [2.24, 2.45) is 11.7 Å². The zero-order valence-corrected chi connectivity index (χ0v) is 14.4. The van der Waals surface area contributed by atoms with Gasteiger partial charge in [-0.25, -0.2) is 9.78 Å². The lowest BCUT2D eigenvalue weighted by Gasteiger charge is -2.25. The van der Waals surface area contributed by atoms with Crippen molar-refractivity contribution in [1.29, 1.82) is 0 Å². The molecule has 10 heteroatoms. The summed E-state index contributed by atoms with van der Waals surface area (Å²) in [4.78, 5) is 42.2. The Kier molecular flexibility index (Phi) is 7.52. The number of amides is 2. The van der Waals surface area contributed by atoms with Crippen LogP contribution in [0.15, 0.2) is 12.5 Å². The number of hydrogen-bond donors (Lipinski definition) is 6. The van der Waals surface area contributed by atoms with Gasteiger partial charge in [-0.3, -0.25) is 9.59 Å². The second-order valence-corrected chi connectivity index (χ2v) is 6.18. The molecule has 0 spiro atoms. The summed E-state index contributed by atoms with van der Waals surface area (Å²) in [7, 11) is 0. The summed E-state index contributed by atoms with van der Waals surface area (Å²) in [5.41, 5.74) is 6.43. The number of carbonyl (C=O) groups excluding carboxylic acids is 2. The number of rotatable bonds is 9. The first-order chi connectivity index (χ1) is 11.6. The number of carboxylic acids is 1. The highest BCUT2D eigenvalue weighted by Crippen LogP contribution is 2.04. The number of hydrogen-bond acceptors (Lipinski definition) is 6. The average Bonchev–Trinajstić information content (AvgIpc) is 3.01. The summed E-state index contributed by atoms with van der Waals surface area (Å²) in [5, 5.41) is 23.6. The number of aliphatic hydroxyl groups is 1. The predicted molar refractivity (Wildman–Crippen MR) is 88.3 cm³/mol. The maximum atomic E-state index is 12.3. The molecule has 2 amide bonds. The third kappa shape index (κ3) is 6.16. The molecule has 4 unspecified atom stereocenters. The van der Waals surface area contributed by atoms with E-state index in [9.17, 15) is 19.5 Å². The number of nitrogens with two attached hydrogens (primary N) is 1. The van der Waals surface area contributed by atoms with Gasteiger partial charge in [0.1, 0.15) is 12.1 Å². The number of nitrogens with zero attached hydrogens (tertiary/aromatic N) is 1. The third-order valence-electron chi connectivity index (χ3n) is 3.62. The molecule has 7 N–H and O–H groups in total. The molecule has 0 saturated carbocycles. The molecule has 0 bridgehead atoms. The van der Waals surface area contributed by atoms with Gasteiger partial charge in [0, 0.05) is 18.3 Å². The number of carboxylic acid groups (broad SMARTS) is 1. The van der Waals surface area contributed by atoms with Crippen LogP contribution in [0.25, 0.3) is 0 Å². The first kappa shape index (κ1) is 20.6. The topological polar surface area (TPSA) is 170 Å². The number of aliphatic hydroxyl groups excluding tert-OH is 1. The van der Waals surface area contributed by atoms with Crippen LogP contribution in [-0.4, -0.2) is 62.2 Å². The van der Waals surface area contributed by atoms with Crippen molar-refractivity contribution >= 4 is 17.8 Å². The standard InChI is InChI=1S/C15H25N5O5/c1-7(2)11(15(24)25)19-14(23)12(8(3)21)20-13(22)10(16)4-9-5-17-6-18-9/h5-8,10-12,21H,4,16H2,1-3H3,(H,17,18)(H,19,23)(H,20,22)(H,24,25). The normalized spacial score (nSPS) is 15.9. The Morgan fingerprint density at radius 2 is 1.80 bits per heavy atom. The number of H-pyrrole nitrogens is 1. The summed E-state index contributed by atoms with van der Waals surface area (Å²) in [6.45, 7) is 4.58. The molecule has 10 nitrogen and oxygen atoms in total. The van der Waals surface area contributed by atoms with Gasteiger partial charge in [-0.15, -0.1) is 0 Å². The number of aliphatic carboxylic acids is 1. The third-order valence-corrected chi connectivity index (χ3v) is 3.62. The van der Waals surface area contributed by atoms with E-state index in [0.29, 0.717) is 5.69 Å². The number of aromatic amines is 1. The molecule has 0 saturated heterocycles. The maximum Gasteiger partial charge on any atom is 0.326 e. The van der Waals surface area contributed by atoms with Crippen LogP contribution in [0.3, 0.4) is 0 Å². The number of carbonyl (C=O) groups is 3. The fourth-order valence-electron chi connectivity index (χ4n) is 2.15. The number of imidazole rings is 1. The molecule has 140 valence electrons. The van der Waals surface area contributed by atoms with Crippen molar-refractivity contribution < 1.29 is 24.6 Å². The SMILES string of the molecule is CC(C)C(NC(=O)C(NC(=O)C(N)Cc1cnc[nH]1)C(C)O)C(=O)O. The molecule has 0 fully saturated rings. The fraction of sp³-hybridized carbons (Fsp3) is 0.600. The molecule has 1 heterocycles. The molecule has 1 aromatic rings. The summed E-state index contributed by atoms with van der Waals surface area (Å²) in [6.07, 6.45) is 1.91. The lowest BCUT2D eigenvalue weighted by atomic mass is 10.0. The second-order valence-electron chi connectivity index (χ2n) is 6.18. The van der Waals surface area contributed by atoms with Gasteiger partial charge in [0.2, 0.25) is 11.8 Å². The molecular weight excluding hydrogens is 330 g/mol. The van der Waals surface area contributed by atoms with Gasteiger partial charge in [-0.1, -0.05) is 13.8 Å². The van der Waals surface area contributed by atoms with Crippen molar-refractivity contribution in [3.05, 3.63) is 18.2 Å². The minimum absolute atomic E-state index is 0.170. The van der Waals surface area contributed by atoms with Gasteiger partial charge in [-0.05, 0) is 12.8 Å². The van der Waals surface area contributed by atoms with Crippen LogP contribution < -0.4 is 16.4 Å². The van der Waals surface area contributed by atoms with Crippen LogP contribution in [-0.2, 0) is 20.8 Å². The molecule has 0 aliphatic heterocycles. The summed E-state index contributed by atoms with van der Waals surface area (Å²) < 4.78 is 0. The molecule has 4 atom stereocenters. The fourth-order valence-corrected chi connectivity index (χ4v) is 2.15. The Morgan fingerprint density at radius 3 is 2.24 bits per heavy atom. The van der Waals surface area contributed by atoms with E-state index in [0.717, 1.165) is 0 Å². The quantitative estimate of drug-likeness (QED) is 0.309. The summed E-state index contributed by atoms with van der Waals surface area (Å²) in [6, 6.07) is -3.42. The monoisotopic (exact) mass is 355 g/mol. The summed E-state index contributed by atoms with van der Waals surface area (Å²) >= 11 is 0. The molecule has 0 aromatic carbocycles. The highest BCUT2D eigenvalue weighted by Gasteiger charge is 2.32. The van der Waals surface area contributed by atoms with Crippen LogP contribution in [0.4, 0.5) is 0 Å². The minimum atomic E-state index is -1.32. The predicted octanol–water partition coefficient (Wildman–Crippen LogP) is -1.63. The van der Waals surface area contributed by atoms with Gasteiger partial charge in [0.15, 0.2) is 0 Å². The Hall–Kier alpha value is -2.46. The molecular formula is C15H25N5O5. The Labute approximate surface area is 145 Å². The van der Waals surface area contributed by atoms with Crippen molar-refractivity contribution in [2.75, 3.05) is 0 Å². The second kappa shape index (κ2) is 9.14. The smallest absolute Gasteiger partial charge is 0.326 e. The maximum absolute atomic E-state index is 12.3. The first-order valence-corrected chi connectivity index (χ1v) is 7.88. The Balaban J connectivity index is 2.73. The van der Waals surface area contributed by atoms with Crippen molar-refractivity contribution in [1.82, 2.24) is 20.6 Å². The molecule has 25 heavy (non-hydrogen) atoms. The largest absolute Gasteiger partial charge is 0.480 e. The van der Waals surface area contributed by atoms with Crippen LogP contribution in [0.5, 0.6) is 0 Å². The number of nitrogens with one attached hydrogen (secondary N) is 3. The van der Waals surface area contributed by atoms with E-state index in [1.165, 1.54) is 19.4 Å². The zero-order valence-electron chi connectivity index (χ0n) is 14.4. The summed E-state index contributed by atoms with van der Waals surface area (Å²) in [5.74, 6) is -3.00. The van der Waals surface area contributed by atoms with Gasteiger partial charge < -0.3 is 31.6 Å². The van der Waals surface area contributed by atoms with E-state index < -0.39 is 42.0 Å². The zero-order chi connectivity index (χ0) is 19.1. The van der Waals surface area contributed by atoms with Crippen molar-refractivity contribution in [3.63, 3.8) is 0 Å². The molecule has 1 aromatic heterocycles. The van der Waals surface area contributed by atoms with E-state index in [1.807, 2.05) is 0 Å². The Morgan fingerprint density at radius 1 is 1.20 bits per heavy atom. The lowest BCUT2D eigenvalue weighted by molar-refractivity contribution is -0.144. The molecule has 0 radical (unpaired) electrons. The first-order valence-electron chi connectivity index (χ1n) is 7.88. The van der Waals surface area contributed by atoms with E-state index in [2.05, 4.69) is 20.6 Å². The lowest BCUT2D eigenvalue weighted by Crippen LogP contribution is -2.59. The average molecular weight is 355 g/mol. The van der Waals surface area contributed by atoms with E-state index in [-0.39, 0.29) is 12.3 Å². The van der Waals surface area contributed by atoms with Crippen LogP contribution in [0, 0.1) is 5.92 Å². The highest BCUT2D eigenvalue weighted by molar-refractivity contribution is 5.92. The Bertz CT molecular complexity index is 587. The molecule has 1 rings (SSSR count). The number of aromatic nitrogens is 2. The molecule has 0 aliphatic rings. The minimum Gasteiger partial charge on any atom is -0.480 e. The van der Waals surface area contributed by atoms with Gasteiger partial charge in [0.05, 0.1) is 18.5 Å². The highest BCUT2D eigenvalue weighted by atomic mass is 16.4. The van der Waals surface area contributed by atoms with Gasteiger partial charge >= 0.3 is 5.97 Å². The van der Waals surface area contributed by atoms with Gasteiger partial charge in [-0.2, -0.15) is 0 Å². The van der Waals surface area contributed by atoms with Gasteiger partial charge in [0.25, 0.3) is 0 Å². The van der Waals surface area contributed by atoms with E-state index in [4.69, 9.17) is 10.8 Å². The van der Waals surface area contributed by atoms with Crippen molar-refractivity contribution in [3.8, 4) is 0 Å². The van der Waals surface area contributed by atoms with Crippen LogP contribution in [0.2, 0.25) is 0 Å². The van der Waals surface area contributed by atoms with E-state index >= 15 is 0 Å². The molecule has 0 aliphatic carbocycles. The van der Waals surface area contributed by atoms with E-state index in [1.54, 1.807) is 13.8 Å². The van der Waals surface area contributed by atoms with Crippen molar-refractivity contribution in [2.45, 2.75) is 51.4 Å². The van der Waals surface area contributed by atoms with Crippen LogP contribution >= 0.6 is 0 Å².